The Morgan fingerprint density at radius 3 is 2.49 bits per heavy atom. The molecule has 0 aliphatic rings. The molecular formula is C29H31FN4O3. The van der Waals surface area contributed by atoms with Gasteiger partial charge in [-0.3, -0.25) is 9.36 Å². The molecule has 37 heavy (non-hydrogen) atoms. The standard InChI is InChI=1S/C29H31FN4O3/c1-4-18-33(29(36)31-21-11-9-10-20(30)19-21)26(5-2)27-32-25-13-8-7-12-24(25)28(35)34(27)22-14-16-23(17-15-22)37-6-3/h7-17,19,26H,4-6,18H2,1-3H3,(H,31,36). The first-order chi connectivity index (χ1) is 18.0. The summed E-state index contributed by atoms with van der Waals surface area (Å²) in [4.78, 5) is 33.8. The van der Waals surface area contributed by atoms with Crippen molar-refractivity contribution in [2.24, 2.45) is 0 Å². The number of aromatic nitrogens is 2. The number of halogens is 1. The van der Waals surface area contributed by atoms with Crippen molar-refractivity contribution in [1.29, 1.82) is 0 Å². The molecule has 1 atom stereocenters. The molecule has 0 saturated carbocycles. The van der Waals surface area contributed by atoms with E-state index in [0.29, 0.717) is 59.8 Å². The summed E-state index contributed by atoms with van der Waals surface area (Å²) in [5.74, 6) is 0.717. The molecule has 0 aliphatic heterocycles. The van der Waals surface area contributed by atoms with Gasteiger partial charge in [0.2, 0.25) is 0 Å². The summed E-state index contributed by atoms with van der Waals surface area (Å²) in [6, 6.07) is 19.3. The Morgan fingerprint density at radius 1 is 1.05 bits per heavy atom. The van der Waals surface area contributed by atoms with Crippen LogP contribution in [0.15, 0.2) is 77.6 Å². The smallest absolute Gasteiger partial charge is 0.322 e. The van der Waals surface area contributed by atoms with Gasteiger partial charge in [0.05, 0.1) is 29.2 Å². The van der Waals surface area contributed by atoms with Gasteiger partial charge in [-0.1, -0.05) is 32.0 Å². The first kappa shape index (κ1) is 25.9. The number of para-hydroxylation sites is 1. The van der Waals surface area contributed by atoms with Crippen molar-refractivity contribution in [1.82, 2.24) is 14.5 Å². The molecule has 3 aromatic carbocycles. The third-order valence-electron chi connectivity index (χ3n) is 6.07. The number of carbonyl (C=O) groups excluding carboxylic acids is 1. The van der Waals surface area contributed by atoms with Crippen LogP contribution in [0.3, 0.4) is 0 Å². The molecule has 1 aromatic heterocycles. The molecule has 1 heterocycles. The van der Waals surface area contributed by atoms with Gasteiger partial charge in [0.1, 0.15) is 17.4 Å². The lowest BCUT2D eigenvalue weighted by atomic mass is 10.1. The minimum absolute atomic E-state index is 0.217. The van der Waals surface area contributed by atoms with E-state index >= 15 is 0 Å². The van der Waals surface area contributed by atoms with E-state index < -0.39 is 11.9 Å². The van der Waals surface area contributed by atoms with E-state index in [1.807, 2.05) is 51.1 Å². The highest BCUT2D eigenvalue weighted by molar-refractivity contribution is 5.89. The molecule has 1 unspecified atom stereocenters. The van der Waals surface area contributed by atoms with Gasteiger partial charge in [0.25, 0.3) is 5.56 Å². The third-order valence-corrected chi connectivity index (χ3v) is 6.07. The van der Waals surface area contributed by atoms with Crippen molar-refractivity contribution in [3.8, 4) is 11.4 Å². The summed E-state index contributed by atoms with van der Waals surface area (Å²) in [6.45, 7) is 6.79. The van der Waals surface area contributed by atoms with Crippen LogP contribution in [0.1, 0.15) is 45.5 Å². The number of anilines is 1. The van der Waals surface area contributed by atoms with E-state index in [0.717, 1.165) is 0 Å². The molecule has 2 amide bonds. The van der Waals surface area contributed by atoms with Gasteiger partial charge in [-0.15, -0.1) is 0 Å². The second-order valence-electron chi connectivity index (χ2n) is 8.61. The summed E-state index contributed by atoms with van der Waals surface area (Å²) in [5, 5.41) is 3.29. The van der Waals surface area contributed by atoms with Gasteiger partial charge in [-0.05, 0) is 74.4 Å². The normalized spacial score (nSPS) is 11.8. The molecule has 0 bridgehead atoms. The van der Waals surface area contributed by atoms with E-state index in [4.69, 9.17) is 9.72 Å². The Hall–Kier alpha value is -4.20. The third kappa shape index (κ3) is 5.63. The second kappa shape index (κ2) is 11.7. The van der Waals surface area contributed by atoms with Crippen LogP contribution in [0.25, 0.3) is 16.6 Å². The predicted molar refractivity (Wildman–Crippen MR) is 144 cm³/mol. The Morgan fingerprint density at radius 2 is 1.81 bits per heavy atom. The van der Waals surface area contributed by atoms with Gasteiger partial charge < -0.3 is 15.0 Å². The van der Waals surface area contributed by atoms with Crippen molar-refractivity contribution in [3.63, 3.8) is 0 Å². The predicted octanol–water partition coefficient (Wildman–Crippen LogP) is 6.32. The number of rotatable bonds is 9. The van der Waals surface area contributed by atoms with Gasteiger partial charge in [0, 0.05) is 12.2 Å². The maximum atomic E-state index is 13.8. The Balaban J connectivity index is 1.84. The van der Waals surface area contributed by atoms with E-state index in [-0.39, 0.29) is 11.6 Å². The van der Waals surface area contributed by atoms with Gasteiger partial charge in [-0.25, -0.2) is 14.2 Å². The number of fused-ring (bicyclic) bond motifs is 1. The highest BCUT2D eigenvalue weighted by atomic mass is 19.1. The molecule has 192 valence electrons. The van der Waals surface area contributed by atoms with Crippen molar-refractivity contribution in [2.75, 3.05) is 18.5 Å². The molecule has 0 aliphatic carbocycles. The summed E-state index contributed by atoms with van der Waals surface area (Å²) in [7, 11) is 0. The molecule has 4 aromatic rings. The molecule has 4 rings (SSSR count). The van der Waals surface area contributed by atoms with Crippen LogP contribution >= 0.6 is 0 Å². The monoisotopic (exact) mass is 502 g/mol. The maximum Gasteiger partial charge on any atom is 0.322 e. The minimum atomic E-state index is -0.516. The molecule has 0 saturated heterocycles. The van der Waals surface area contributed by atoms with E-state index in [9.17, 15) is 14.0 Å². The van der Waals surface area contributed by atoms with Crippen LogP contribution in [0, 0.1) is 5.82 Å². The molecule has 8 heteroatoms. The Kier molecular flexibility index (Phi) is 8.18. The van der Waals surface area contributed by atoms with Crippen LogP contribution in [0.4, 0.5) is 14.9 Å². The van der Waals surface area contributed by atoms with E-state index in [1.54, 1.807) is 39.8 Å². The maximum absolute atomic E-state index is 13.8. The quantitative estimate of drug-likeness (QED) is 0.291. The van der Waals surface area contributed by atoms with Gasteiger partial charge in [-0.2, -0.15) is 0 Å². The molecule has 0 radical (unpaired) electrons. The number of urea groups is 1. The number of nitrogens with zero attached hydrogens (tertiary/aromatic N) is 3. The van der Waals surface area contributed by atoms with Crippen LogP contribution in [-0.4, -0.2) is 33.6 Å². The SMILES string of the molecule is CCCN(C(=O)Nc1cccc(F)c1)C(CC)c1nc2ccccc2c(=O)n1-c1ccc(OCC)cc1. The van der Waals surface area contributed by atoms with Crippen molar-refractivity contribution in [3.05, 3.63) is 94.8 Å². The zero-order chi connectivity index (χ0) is 26.4. The average Bonchev–Trinajstić information content (AvgIpc) is 2.90. The lowest BCUT2D eigenvalue weighted by molar-refractivity contribution is 0.181. The van der Waals surface area contributed by atoms with Crippen molar-refractivity contribution in [2.45, 2.75) is 39.7 Å². The van der Waals surface area contributed by atoms with Crippen LogP contribution in [0.2, 0.25) is 0 Å². The summed E-state index contributed by atoms with van der Waals surface area (Å²) >= 11 is 0. The zero-order valence-corrected chi connectivity index (χ0v) is 21.3. The fraction of sp³-hybridized carbons (Fsp3) is 0.276. The Labute approximate surface area is 215 Å². The van der Waals surface area contributed by atoms with E-state index in [1.165, 1.54) is 12.1 Å². The van der Waals surface area contributed by atoms with Gasteiger partial charge in [0.15, 0.2) is 0 Å². The fourth-order valence-corrected chi connectivity index (χ4v) is 4.42. The summed E-state index contributed by atoms with van der Waals surface area (Å²) in [6.07, 6.45) is 1.20. The summed E-state index contributed by atoms with van der Waals surface area (Å²) < 4.78 is 20.9. The van der Waals surface area contributed by atoms with Crippen LogP contribution in [-0.2, 0) is 0 Å². The topological polar surface area (TPSA) is 76.5 Å². The number of ether oxygens (including phenoxy) is 1. The highest BCUT2D eigenvalue weighted by Gasteiger charge is 2.29. The summed E-state index contributed by atoms with van der Waals surface area (Å²) in [5.41, 5.74) is 1.33. The number of hydrogen-bond acceptors (Lipinski definition) is 4. The first-order valence-corrected chi connectivity index (χ1v) is 12.5. The number of hydrogen-bond donors (Lipinski definition) is 1. The first-order valence-electron chi connectivity index (χ1n) is 12.5. The lowest BCUT2D eigenvalue weighted by Gasteiger charge is -2.32. The fourth-order valence-electron chi connectivity index (χ4n) is 4.42. The molecule has 0 fully saturated rings. The average molecular weight is 503 g/mol. The van der Waals surface area contributed by atoms with Crippen molar-refractivity contribution < 1.29 is 13.9 Å². The largest absolute Gasteiger partial charge is 0.494 e. The van der Waals surface area contributed by atoms with Gasteiger partial charge >= 0.3 is 6.03 Å². The number of amides is 2. The minimum Gasteiger partial charge on any atom is -0.494 e. The molecular weight excluding hydrogens is 471 g/mol. The van der Waals surface area contributed by atoms with Crippen LogP contribution < -0.4 is 15.6 Å². The van der Waals surface area contributed by atoms with E-state index in [2.05, 4.69) is 5.32 Å². The lowest BCUT2D eigenvalue weighted by Crippen LogP contribution is -2.41. The number of carbonyl (C=O) groups is 1. The highest BCUT2D eigenvalue weighted by Crippen LogP contribution is 2.28. The molecule has 1 N–H and O–H groups in total. The number of benzene rings is 3. The molecule has 0 spiro atoms. The number of nitrogens with one attached hydrogen (secondary N) is 1. The second-order valence-corrected chi connectivity index (χ2v) is 8.61. The zero-order valence-electron chi connectivity index (χ0n) is 21.3. The Bertz CT molecular complexity index is 1440. The van der Waals surface area contributed by atoms with Crippen LogP contribution in [0.5, 0.6) is 5.75 Å². The molecule has 7 nitrogen and oxygen atoms in total. The van der Waals surface area contributed by atoms with Crippen molar-refractivity contribution >= 4 is 22.6 Å².